The topological polar surface area (TPSA) is 50.2 Å². The van der Waals surface area contributed by atoms with E-state index in [1.807, 2.05) is 36.4 Å². The molecule has 0 fully saturated rings. The Morgan fingerprint density at radius 3 is 2.45 bits per heavy atom. The van der Waals surface area contributed by atoms with Crippen LogP contribution in [0.1, 0.15) is 26.5 Å². The van der Waals surface area contributed by atoms with Crippen LogP contribution in [0, 0.1) is 0 Å². The van der Waals surface area contributed by atoms with Crippen LogP contribution in [0.3, 0.4) is 0 Å². The zero-order valence-corrected chi connectivity index (χ0v) is 11.8. The number of aromatic amines is 1. The first-order valence-corrected chi connectivity index (χ1v) is 6.64. The molecule has 2 heterocycles. The summed E-state index contributed by atoms with van der Waals surface area (Å²) >= 11 is 0. The predicted molar refractivity (Wildman–Crippen MR) is 79.9 cm³/mol. The first-order chi connectivity index (χ1) is 9.45. The number of rotatable bonds is 1. The van der Waals surface area contributed by atoms with Crippen LogP contribution in [-0.2, 0) is 5.41 Å². The molecule has 102 valence electrons. The van der Waals surface area contributed by atoms with Gasteiger partial charge in [0.25, 0.3) is 5.56 Å². The second kappa shape index (κ2) is 4.34. The van der Waals surface area contributed by atoms with Crippen molar-refractivity contribution >= 4 is 5.65 Å². The molecule has 0 unspecified atom stereocenters. The summed E-state index contributed by atoms with van der Waals surface area (Å²) in [7, 11) is 0. The highest BCUT2D eigenvalue weighted by atomic mass is 16.1. The fourth-order valence-electron chi connectivity index (χ4n) is 2.18. The molecule has 0 radical (unpaired) electrons. The number of benzene rings is 1. The minimum atomic E-state index is -0.114. The Kier molecular flexibility index (Phi) is 2.74. The normalized spacial score (nSPS) is 11.9. The van der Waals surface area contributed by atoms with E-state index in [2.05, 4.69) is 30.9 Å². The van der Waals surface area contributed by atoms with E-state index in [4.69, 9.17) is 0 Å². The molecule has 0 saturated carbocycles. The third kappa shape index (κ3) is 2.13. The molecule has 4 heteroatoms. The summed E-state index contributed by atoms with van der Waals surface area (Å²) in [4.78, 5) is 14.7. The summed E-state index contributed by atoms with van der Waals surface area (Å²) < 4.78 is 1.80. The first kappa shape index (κ1) is 12.7. The average molecular weight is 267 g/mol. The van der Waals surface area contributed by atoms with Gasteiger partial charge in [-0.3, -0.25) is 4.79 Å². The van der Waals surface area contributed by atoms with E-state index < -0.39 is 0 Å². The Bertz CT molecular complexity index is 807. The maximum atomic E-state index is 11.8. The van der Waals surface area contributed by atoms with E-state index in [9.17, 15) is 4.79 Å². The summed E-state index contributed by atoms with van der Waals surface area (Å²) in [5.41, 5.74) is 3.29. The van der Waals surface area contributed by atoms with Gasteiger partial charge in [0.05, 0.1) is 11.4 Å². The zero-order chi connectivity index (χ0) is 14.3. The maximum Gasteiger partial charge on any atom is 0.251 e. The Balaban J connectivity index is 2.32. The van der Waals surface area contributed by atoms with E-state index >= 15 is 0 Å². The molecular formula is C16H17N3O. The first-order valence-electron chi connectivity index (χ1n) is 6.64. The van der Waals surface area contributed by atoms with Gasteiger partial charge in [0.1, 0.15) is 5.65 Å². The highest BCUT2D eigenvalue weighted by molar-refractivity contribution is 5.62. The quantitative estimate of drug-likeness (QED) is 0.737. The third-order valence-corrected chi connectivity index (χ3v) is 3.29. The zero-order valence-electron chi connectivity index (χ0n) is 11.8. The van der Waals surface area contributed by atoms with Crippen LogP contribution in [-0.4, -0.2) is 14.6 Å². The summed E-state index contributed by atoms with van der Waals surface area (Å²) in [6.45, 7) is 6.32. The van der Waals surface area contributed by atoms with Crippen LogP contribution in [0.5, 0.6) is 0 Å². The van der Waals surface area contributed by atoms with Crippen molar-refractivity contribution in [3.8, 4) is 11.3 Å². The van der Waals surface area contributed by atoms with Gasteiger partial charge in [-0.05, 0) is 0 Å². The minimum absolute atomic E-state index is 0.0587. The molecule has 0 aliphatic carbocycles. The molecule has 0 saturated heterocycles. The van der Waals surface area contributed by atoms with Crippen molar-refractivity contribution < 1.29 is 0 Å². The van der Waals surface area contributed by atoms with Crippen molar-refractivity contribution in [2.24, 2.45) is 0 Å². The smallest absolute Gasteiger partial charge is 0.251 e. The van der Waals surface area contributed by atoms with Gasteiger partial charge in [0.15, 0.2) is 0 Å². The van der Waals surface area contributed by atoms with E-state index in [1.54, 1.807) is 10.6 Å². The molecule has 2 aromatic heterocycles. The summed E-state index contributed by atoms with van der Waals surface area (Å²) in [5.74, 6) is 0. The molecule has 0 aliphatic rings. The van der Waals surface area contributed by atoms with Gasteiger partial charge in [-0.1, -0.05) is 51.1 Å². The van der Waals surface area contributed by atoms with E-state index in [0.717, 1.165) is 22.6 Å². The molecule has 3 rings (SSSR count). The van der Waals surface area contributed by atoms with Gasteiger partial charge in [0.2, 0.25) is 0 Å². The van der Waals surface area contributed by atoms with E-state index in [1.165, 1.54) is 0 Å². The molecule has 0 bridgehead atoms. The lowest BCUT2D eigenvalue weighted by molar-refractivity contribution is 0.563. The lowest BCUT2D eigenvalue weighted by atomic mass is 9.93. The number of hydrogen-bond donors (Lipinski definition) is 1. The second-order valence-corrected chi connectivity index (χ2v) is 5.96. The lowest BCUT2D eigenvalue weighted by Gasteiger charge is -2.13. The highest BCUT2D eigenvalue weighted by Crippen LogP contribution is 2.24. The largest absolute Gasteiger partial charge is 0.307 e. The molecule has 1 N–H and O–H groups in total. The lowest BCUT2D eigenvalue weighted by Crippen LogP contribution is -2.12. The highest BCUT2D eigenvalue weighted by Gasteiger charge is 2.19. The van der Waals surface area contributed by atoms with Crippen LogP contribution >= 0.6 is 0 Å². The molecule has 0 aliphatic heterocycles. The summed E-state index contributed by atoms with van der Waals surface area (Å²) in [5, 5.41) is 4.65. The SMILES string of the molecule is CC(C)(C)c1cc2[nH]c(=O)cc(-c3ccccc3)n2n1. The number of aromatic nitrogens is 3. The molecule has 3 aromatic rings. The van der Waals surface area contributed by atoms with Gasteiger partial charge >= 0.3 is 0 Å². The molecule has 0 atom stereocenters. The van der Waals surface area contributed by atoms with Crippen molar-refractivity contribution in [3.05, 3.63) is 58.5 Å². The Hall–Kier alpha value is -2.36. The van der Waals surface area contributed by atoms with Crippen LogP contribution in [0.25, 0.3) is 16.9 Å². The molecule has 1 aromatic carbocycles. The molecule has 20 heavy (non-hydrogen) atoms. The number of nitrogens with one attached hydrogen (secondary N) is 1. The average Bonchev–Trinajstić information content (AvgIpc) is 2.82. The summed E-state index contributed by atoms with van der Waals surface area (Å²) in [6, 6.07) is 13.3. The number of fused-ring (bicyclic) bond motifs is 1. The summed E-state index contributed by atoms with van der Waals surface area (Å²) in [6.07, 6.45) is 0. The Labute approximate surface area is 117 Å². The van der Waals surface area contributed by atoms with Gasteiger partial charge < -0.3 is 4.98 Å². The third-order valence-electron chi connectivity index (χ3n) is 3.29. The minimum Gasteiger partial charge on any atom is -0.307 e. The van der Waals surface area contributed by atoms with Crippen molar-refractivity contribution in [2.45, 2.75) is 26.2 Å². The fraction of sp³-hybridized carbons (Fsp3) is 0.250. The van der Waals surface area contributed by atoms with Gasteiger partial charge in [0, 0.05) is 23.1 Å². The van der Waals surface area contributed by atoms with Crippen molar-refractivity contribution in [1.29, 1.82) is 0 Å². The maximum absolute atomic E-state index is 11.8. The Morgan fingerprint density at radius 2 is 1.80 bits per heavy atom. The second-order valence-electron chi connectivity index (χ2n) is 5.96. The van der Waals surface area contributed by atoms with Crippen molar-refractivity contribution in [3.63, 3.8) is 0 Å². The van der Waals surface area contributed by atoms with Gasteiger partial charge in [-0.15, -0.1) is 0 Å². The van der Waals surface area contributed by atoms with Crippen LogP contribution in [0.15, 0.2) is 47.3 Å². The van der Waals surface area contributed by atoms with E-state index in [0.29, 0.717) is 0 Å². The van der Waals surface area contributed by atoms with Crippen molar-refractivity contribution in [1.82, 2.24) is 14.6 Å². The predicted octanol–water partition coefficient (Wildman–Crippen LogP) is 2.99. The monoisotopic (exact) mass is 267 g/mol. The number of H-pyrrole nitrogens is 1. The molecule has 0 amide bonds. The van der Waals surface area contributed by atoms with Crippen LogP contribution < -0.4 is 5.56 Å². The Morgan fingerprint density at radius 1 is 1.10 bits per heavy atom. The van der Waals surface area contributed by atoms with Crippen LogP contribution in [0.4, 0.5) is 0 Å². The number of nitrogens with zero attached hydrogens (tertiary/aromatic N) is 2. The van der Waals surface area contributed by atoms with Crippen molar-refractivity contribution in [2.75, 3.05) is 0 Å². The number of hydrogen-bond acceptors (Lipinski definition) is 2. The molecular weight excluding hydrogens is 250 g/mol. The van der Waals surface area contributed by atoms with E-state index in [-0.39, 0.29) is 11.0 Å². The molecule has 0 spiro atoms. The van der Waals surface area contributed by atoms with Crippen LogP contribution in [0.2, 0.25) is 0 Å². The standard InChI is InChI=1S/C16H17N3O/c1-16(2,3)13-10-14-17-15(20)9-12(19(14)18-13)11-7-5-4-6-8-11/h4-10H,1-3H3,(H,17,20). The fourth-order valence-corrected chi connectivity index (χ4v) is 2.18. The molecule has 4 nitrogen and oxygen atoms in total. The van der Waals surface area contributed by atoms with Gasteiger partial charge in [-0.25, -0.2) is 4.52 Å². The van der Waals surface area contributed by atoms with Gasteiger partial charge in [-0.2, -0.15) is 5.10 Å².